The summed E-state index contributed by atoms with van der Waals surface area (Å²) in [5.41, 5.74) is 5.78. The van der Waals surface area contributed by atoms with Gasteiger partial charge in [-0.1, -0.05) is 0 Å². The second kappa shape index (κ2) is 1.96. The smallest absolute Gasteiger partial charge is 0.0593 e. The van der Waals surface area contributed by atoms with Gasteiger partial charge in [0.1, 0.15) is 0 Å². The van der Waals surface area contributed by atoms with E-state index in [0.717, 1.165) is 18.9 Å². The van der Waals surface area contributed by atoms with Gasteiger partial charge in [0.15, 0.2) is 0 Å². The van der Waals surface area contributed by atoms with E-state index in [9.17, 15) is 0 Å². The van der Waals surface area contributed by atoms with Gasteiger partial charge in [-0.25, -0.2) is 0 Å². The molecule has 2 rings (SSSR count). The van der Waals surface area contributed by atoms with Gasteiger partial charge in [-0.15, -0.1) is 0 Å². The van der Waals surface area contributed by atoms with Crippen molar-refractivity contribution in [2.75, 3.05) is 6.61 Å². The predicted molar refractivity (Wildman–Crippen MR) is 35.1 cm³/mol. The summed E-state index contributed by atoms with van der Waals surface area (Å²) in [5.74, 6) is 0.791. The van der Waals surface area contributed by atoms with Crippen molar-refractivity contribution >= 4 is 0 Å². The Balaban J connectivity index is 2.03. The summed E-state index contributed by atoms with van der Waals surface area (Å²) >= 11 is 0. The van der Waals surface area contributed by atoms with Crippen LogP contribution >= 0.6 is 0 Å². The Morgan fingerprint density at radius 3 is 2.89 bits per heavy atom. The minimum atomic E-state index is 0.427. The van der Waals surface area contributed by atoms with Crippen LogP contribution in [0.1, 0.15) is 19.3 Å². The summed E-state index contributed by atoms with van der Waals surface area (Å²) in [5, 5.41) is 0. The monoisotopic (exact) mass is 127 g/mol. The van der Waals surface area contributed by atoms with Crippen molar-refractivity contribution in [3.8, 4) is 0 Å². The second-order valence-corrected chi connectivity index (χ2v) is 3.29. The number of hydrogen-bond acceptors (Lipinski definition) is 2. The van der Waals surface area contributed by atoms with Crippen LogP contribution in [0.3, 0.4) is 0 Å². The molecule has 2 fully saturated rings. The molecule has 0 aromatic rings. The quantitative estimate of drug-likeness (QED) is 0.514. The summed E-state index contributed by atoms with van der Waals surface area (Å²) in [7, 11) is 0. The highest BCUT2D eigenvalue weighted by molar-refractivity contribution is 4.85. The van der Waals surface area contributed by atoms with Crippen molar-refractivity contribution < 1.29 is 4.74 Å². The molecular weight excluding hydrogens is 114 g/mol. The summed E-state index contributed by atoms with van der Waals surface area (Å²) < 4.78 is 5.47. The van der Waals surface area contributed by atoms with E-state index in [1.165, 1.54) is 12.8 Å². The third-order valence-corrected chi connectivity index (χ3v) is 2.37. The maximum absolute atomic E-state index is 5.78. The van der Waals surface area contributed by atoms with Crippen LogP contribution in [0, 0.1) is 5.92 Å². The summed E-state index contributed by atoms with van der Waals surface area (Å²) in [6.45, 7) is 0.971. The van der Waals surface area contributed by atoms with E-state index in [1.807, 2.05) is 0 Å². The molecule has 3 unspecified atom stereocenters. The van der Waals surface area contributed by atoms with Crippen LogP contribution in [0.25, 0.3) is 0 Å². The Kier molecular flexibility index (Phi) is 1.24. The molecule has 0 amide bonds. The van der Waals surface area contributed by atoms with Crippen LogP contribution in [-0.4, -0.2) is 18.8 Å². The Bertz CT molecular complexity index is 103. The molecule has 1 aliphatic heterocycles. The molecule has 1 heterocycles. The number of nitrogens with two attached hydrogens (primary N) is 1. The highest BCUT2D eigenvalue weighted by Gasteiger charge is 2.33. The van der Waals surface area contributed by atoms with Crippen LogP contribution in [0.15, 0.2) is 0 Å². The van der Waals surface area contributed by atoms with E-state index in [0.29, 0.717) is 12.1 Å². The van der Waals surface area contributed by atoms with Crippen LogP contribution < -0.4 is 5.73 Å². The first-order valence-corrected chi connectivity index (χ1v) is 3.72. The highest BCUT2D eigenvalue weighted by atomic mass is 16.5. The van der Waals surface area contributed by atoms with Crippen molar-refractivity contribution in [1.29, 1.82) is 0 Å². The predicted octanol–water partition coefficient (Wildman–Crippen LogP) is 0.513. The van der Waals surface area contributed by atoms with Crippen LogP contribution in [0.5, 0.6) is 0 Å². The van der Waals surface area contributed by atoms with Gasteiger partial charge in [0, 0.05) is 12.6 Å². The van der Waals surface area contributed by atoms with Crippen molar-refractivity contribution in [1.82, 2.24) is 0 Å². The molecule has 0 aromatic heterocycles. The standard InChI is InChI=1S/C7H13NO/c8-6-1-5-2-7(3-6)9-4-5/h5-7H,1-4,8H2. The fourth-order valence-corrected chi connectivity index (χ4v) is 1.97. The van der Waals surface area contributed by atoms with E-state index < -0.39 is 0 Å². The second-order valence-electron chi connectivity index (χ2n) is 3.29. The van der Waals surface area contributed by atoms with Crippen molar-refractivity contribution in [3.05, 3.63) is 0 Å². The topological polar surface area (TPSA) is 35.2 Å². The van der Waals surface area contributed by atoms with E-state index in [4.69, 9.17) is 10.5 Å². The average molecular weight is 127 g/mol. The number of rotatable bonds is 0. The van der Waals surface area contributed by atoms with E-state index in [1.54, 1.807) is 0 Å². The molecule has 2 nitrogen and oxygen atoms in total. The lowest BCUT2D eigenvalue weighted by Crippen LogP contribution is -2.30. The Morgan fingerprint density at radius 1 is 1.22 bits per heavy atom. The lowest BCUT2D eigenvalue weighted by Gasteiger charge is -2.21. The Labute approximate surface area is 55.4 Å². The Morgan fingerprint density at radius 2 is 2.11 bits per heavy atom. The lowest BCUT2D eigenvalue weighted by molar-refractivity contribution is 0.104. The lowest BCUT2D eigenvalue weighted by atomic mass is 9.87. The molecular formula is C7H13NO. The largest absolute Gasteiger partial charge is 0.378 e. The molecule has 0 aromatic carbocycles. The summed E-state index contributed by atoms with van der Waals surface area (Å²) in [4.78, 5) is 0. The minimum Gasteiger partial charge on any atom is -0.378 e. The van der Waals surface area contributed by atoms with Gasteiger partial charge in [-0.2, -0.15) is 0 Å². The maximum Gasteiger partial charge on any atom is 0.0593 e. The SMILES string of the molecule is NC1CC2COC(C1)C2. The zero-order valence-electron chi connectivity index (χ0n) is 5.55. The first-order chi connectivity index (χ1) is 4.34. The first kappa shape index (κ1) is 5.69. The van der Waals surface area contributed by atoms with Crippen molar-refractivity contribution in [2.45, 2.75) is 31.4 Å². The number of fused-ring (bicyclic) bond motifs is 2. The molecule has 52 valence electrons. The fourth-order valence-electron chi connectivity index (χ4n) is 1.97. The zero-order chi connectivity index (χ0) is 6.27. The Hall–Kier alpha value is -0.0800. The van der Waals surface area contributed by atoms with Crippen molar-refractivity contribution in [2.24, 2.45) is 11.7 Å². The van der Waals surface area contributed by atoms with Gasteiger partial charge in [-0.3, -0.25) is 0 Å². The number of hydrogen-bond donors (Lipinski definition) is 1. The number of ether oxygens (including phenoxy) is 1. The van der Waals surface area contributed by atoms with Crippen LogP contribution in [0.4, 0.5) is 0 Å². The molecule has 2 aliphatic rings. The summed E-state index contributed by atoms with van der Waals surface area (Å²) in [6.07, 6.45) is 4.07. The van der Waals surface area contributed by atoms with Gasteiger partial charge in [0.25, 0.3) is 0 Å². The highest BCUT2D eigenvalue weighted by Crippen LogP contribution is 2.31. The normalized spacial score (nSPS) is 49.7. The van der Waals surface area contributed by atoms with Crippen LogP contribution in [-0.2, 0) is 4.74 Å². The molecule has 1 aliphatic carbocycles. The maximum atomic E-state index is 5.78. The van der Waals surface area contributed by atoms with Gasteiger partial charge < -0.3 is 10.5 Å². The molecule has 1 saturated carbocycles. The van der Waals surface area contributed by atoms with Gasteiger partial charge in [0.05, 0.1) is 6.10 Å². The third kappa shape index (κ3) is 0.970. The van der Waals surface area contributed by atoms with E-state index >= 15 is 0 Å². The molecule has 0 spiro atoms. The van der Waals surface area contributed by atoms with Crippen molar-refractivity contribution in [3.63, 3.8) is 0 Å². The van der Waals surface area contributed by atoms with Gasteiger partial charge >= 0.3 is 0 Å². The third-order valence-electron chi connectivity index (χ3n) is 2.37. The average Bonchev–Trinajstić information content (AvgIpc) is 2.11. The van der Waals surface area contributed by atoms with E-state index in [-0.39, 0.29) is 0 Å². The molecule has 2 bridgehead atoms. The first-order valence-electron chi connectivity index (χ1n) is 3.72. The molecule has 2 heteroatoms. The molecule has 1 saturated heterocycles. The minimum absolute atomic E-state index is 0.427. The summed E-state index contributed by atoms with van der Waals surface area (Å²) in [6, 6.07) is 0.427. The van der Waals surface area contributed by atoms with Gasteiger partial charge in [0.2, 0.25) is 0 Å². The molecule has 9 heavy (non-hydrogen) atoms. The van der Waals surface area contributed by atoms with Crippen LogP contribution in [0.2, 0.25) is 0 Å². The molecule has 0 radical (unpaired) electrons. The molecule has 3 atom stereocenters. The zero-order valence-corrected chi connectivity index (χ0v) is 5.55. The molecule has 2 N–H and O–H groups in total. The van der Waals surface area contributed by atoms with E-state index in [2.05, 4.69) is 0 Å². The fraction of sp³-hybridized carbons (Fsp3) is 1.00. The van der Waals surface area contributed by atoms with Gasteiger partial charge in [-0.05, 0) is 25.2 Å².